The molecule has 13 aromatic carbocycles. The first-order valence-corrected chi connectivity index (χ1v) is 34.7. The Morgan fingerprint density at radius 3 is 1.72 bits per heavy atom. The maximum Gasteiger partial charge on any atom is 0.269 e. The van der Waals surface area contributed by atoms with Gasteiger partial charge in [0.15, 0.2) is 8.07 Å². The Balaban J connectivity index is 0.988. The Morgan fingerprint density at radius 1 is 0.424 bits per heavy atom. The minimum atomic E-state index is -6.31. The summed E-state index contributed by atoms with van der Waals surface area (Å²) in [5, 5.41) is -0.0101. The van der Waals surface area contributed by atoms with Crippen molar-refractivity contribution in [2.45, 2.75) is 52.4 Å². The predicted molar refractivity (Wildman–Crippen MR) is 411 cm³/mol. The van der Waals surface area contributed by atoms with E-state index in [2.05, 4.69) is 94.9 Å². The number of nitrogens with zero attached hydrogens (tertiary/aromatic N) is 4. The van der Waals surface area contributed by atoms with Crippen molar-refractivity contribution in [3.05, 3.63) is 333 Å². The third kappa shape index (κ3) is 9.89. The second-order valence-electron chi connectivity index (χ2n) is 27.0. The summed E-state index contributed by atoms with van der Waals surface area (Å²) in [7, 11) is -6.31. The summed E-state index contributed by atoms with van der Waals surface area (Å²) in [4.78, 5) is 4.93. The van der Waals surface area contributed by atoms with E-state index in [0.29, 0.717) is 56.2 Å². The topological polar surface area (TPSA) is 49.0 Å². The molecule has 0 amide bonds. The lowest BCUT2D eigenvalue weighted by Gasteiger charge is -2.34. The average molecular weight is 1310 g/mol. The van der Waals surface area contributed by atoms with Crippen molar-refractivity contribution in [1.29, 1.82) is 0 Å². The number of hydrogen-bond donors (Lipinski definition) is 0. The highest BCUT2D eigenvalue weighted by Gasteiger charge is 2.42. The van der Waals surface area contributed by atoms with Gasteiger partial charge in [-0.25, -0.2) is 4.98 Å². The quantitative estimate of drug-likeness (QED) is 0.0593. The second-order valence-corrected chi connectivity index (χ2v) is 30.5. The molecule has 6 nitrogen and oxygen atoms in total. The first kappa shape index (κ1) is 42.6. The zero-order chi connectivity index (χ0) is 83.3. The van der Waals surface area contributed by atoms with E-state index in [4.69, 9.17) is 18.3 Å². The molecule has 5 heterocycles. The Morgan fingerprint density at radius 2 is 1.02 bits per heavy atom. The van der Waals surface area contributed by atoms with Crippen LogP contribution in [0.5, 0.6) is 11.5 Å². The fourth-order valence-corrected chi connectivity index (χ4v) is 17.9. The third-order valence-corrected chi connectivity index (χ3v) is 23.1. The van der Waals surface area contributed by atoms with Gasteiger partial charge < -0.3 is 9.15 Å². The van der Waals surface area contributed by atoms with Gasteiger partial charge in [0.1, 0.15) is 28.5 Å². The van der Waals surface area contributed by atoms with Crippen molar-refractivity contribution in [2.75, 3.05) is 0 Å². The van der Waals surface area contributed by atoms with Crippen LogP contribution in [0.3, 0.4) is 0 Å². The number of para-hydroxylation sites is 2. The average Bonchev–Trinajstić information content (AvgIpc) is 1.10. The monoisotopic (exact) mass is 1310 g/mol. The SMILES string of the molecule is [2H]c1c([2H])c([2H])c([Si](c2c([2H])c([2H])c([2H])c([2H])c2[2H])(c2c([2H])c([2H])c([2H])c([2H])c2[2H])c2c([2H])c([2H])c([2H])c(-c3cc4c5c(c3)n(-c3cccc(Oc6ccc7c8ccccc8n(-c8cc(C(C)(C)C)ccn8)c7c6)c3)[c-][n+]5-c3c(-c5ccc6oc7ccccc7c6c5)cc(C(C)(C)C)cc3-c3ccccc3-c3ccccc3-4)c2[2H])c([2H])c1[2H]. The van der Waals surface area contributed by atoms with Gasteiger partial charge >= 0.3 is 0 Å². The van der Waals surface area contributed by atoms with Crippen LogP contribution < -0.4 is 30.1 Å². The van der Waals surface area contributed by atoms with E-state index < -0.39 is 155 Å². The lowest BCUT2D eigenvalue weighted by molar-refractivity contribution is -0.570. The molecule has 0 atom stereocenters. The molecule has 0 fully saturated rings. The molecular formula is C92H70N4O2Si. The van der Waals surface area contributed by atoms with Crippen LogP contribution >= 0.6 is 0 Å². The molecule has 0 N–H and O–H groups in total. The summed E-state index contributed by atoms with van der Waals surface area (Å²) < 4.78 is 204. The van der Waals surface area contributed by atoms with E-state index in [1.54, 1.807) is 12.1 Å². The number of furan rings is 1. The Bertz CT molecular complexity index is 7020. The molecule has 0 saturated heterocycles. The van der Waals surface area contributed by atoms with Crippen molar-refractivity contribution in [2.24, 2.45) is 0 Å². The van der Waals surface area contributed by atoms with Crippen LogP contribution in [0.15, 0.2) is 320 Å². The highest BCUT2D eigenvalue weighted by molar-refractivity contribution is 7.20. The molecule has 0 aliphatic carbocycles. The van der Waals surface area contributed by atoms with Crippen LogP contribution in [0.25, 0.3) is 128 Å². The van der Waals surface area contributed by atoms with E-state index in [1.165, 1.54) is 0 Å². The molecule has 0 saturated carbocycles. The fourth-order valence-electron chi connectivity index (χ4n) is 14.3. The highest BCUT2D eigenvalue weighted by Crippen LogP contribution is 2.49. The first-order chi connectivity index (χ1) is 56.2. The largest absolute Gasteiger partial charge is 0.458 e. The third-order valence-electron chi connectivity index (χ3n) is 19.1. The summed E-state index contributed by atoms with van der Waals surface area (Å²) in [6.07, 6.45) is 5.72. The Hall–Kier alpha value is -11.9. The number of rotatable bonds is 10. The number of benzene rings is 13. The molecule has 18 rings (SSSR count). The summed E-state index contributed by atoms with van der Waals surface area (Å²) >= 11 is 0. The Labute approximate surface area is 604 Å². The maximum absolute atomic E-state index is 11.2. The van der Waals surface area contributed by atoms with E-state index in [0.717, 1.165) is 82.9 Å². The molecule has 0 radical (unpaired) electrons. The molecule has 99 heavy (non-hydrogen) atoms. The van der Waals surface area contributed by atoms with Crippen LogP contribution in [0.1, 0.15) is 78.7 Å². The van der Waals surface area contributed by atoms with Gasteiger partial charge in [-0.3, -0.25) is 13.7 Å². The normalized spacial score (nSPS) is 15.0. The van der Waals surface area contributed by atoms with Gasteiger partial charge in [-0.2, -0.15) is 0 Å². The Kier molecular flexibility index (Phi) is 9.96. The number of ether oxygens (including phenoxy) is 1. The van der Waals surface area contributed by atoms with E-state index in [9.17, 15) is 21.9 Å². The molecule has 4 aromatic heterocycles. The predicted octanol–water partition coefficient (Wildman–Crippen LogP) is 20.5. The fraction of sp³-hybridized carbons (Fsp3) is 0.0870. The van der Waals surface area contributed by atoms with Crippen LogP contribution in [-0.2, 0) is 10.8 Å². The van der Waals surface area contributed by atoms with Gasteiger partial charge in [-0.15, -0.1) is 0 Å². The lowest BCUT2D eigenvalue weighted by atomic mass is 9.81. The van der Waals surface area contributed by atoms with Crippen molar-refractivity contribution in [3.8, 4) is 84.3 Å². The zero-order valence-corrected chi connectivity index (χ0v) is 55.7. The summed E-state index contributed by atoms with van der Waals surface area (Å²) in [6, 6.07) is 43.4. The molecule has 474 valence electrons. The number of imidazole rings is 1. The first-order valence-electron chi connectivity index (χ1n) is 42.2. The van der Waals surface area contributed by atoms with Gasteiger partial charge in [0, 0.05) is 33.8 Å². The summed E-state index contributed by atoms with van der Waals surface area (Å²) in [6.45, 7) is 13.0. The van der Waals surface area contributed by atoms with Crippen LogP contribution in [0.2, 0.25) is 0 Å². The number of pyridine rings is 1. The van der Waals surface area contributed by atoms with Crippen LogP contribution in [0.4, 0.5) is 0 Å². The van der Waals surface area contributed by atoms with Gasteiger partial charge in [-0.05, 0) is 171 Å². The molecule has 1 aliphatic rings. The smallest absolute Gasteiger partial charge is 0.269 e. The van der Waals surface area contributed by atoms with E-state index in [-0.39, 0.29) is 11.0 Å². The zero-order valence-electron chi connectivity index (χ0n) is 73.7. The molecule has 0 bridgehead atoms. The van der Waals surface area contributed by atoms with Crippen molar-refractivity contribution < 1.29 is 39.8 Å². The van der Waals surface area contributed by atoms with Crippen LogP contribution in [-0.4, -0.2) is 22.2 Å². The lowest BCUT2D eigenvalue weighted by Crippen LogP contribution is -2.74. The van der Waals surface area contributed by atoms with Gasteiger partial charge in [0.25, 0.3) is 6.33 Å². The molecule has 17 aromatic rings. The van der Waals surface area contributed by atoms with E-state index in [1.807, 2.05) is 155 Å². The van der Waals surface area contributed by atoms with Crippen molar-refractivity contribution in [3.63, 3.8) is 0 Å². The minimum Gasteiger partial charge on any atom is -0.458 e. The number of aromatic nitrogens is 4. The summed E-state index contributed by atoms with van der Waals surface area (Å²) in [5.74, 6) is 1.59. The van der Waals surface area contributed by atoms with Crippen molar-refractivity contribution in [1.82, 2.24) is 14.1 Å². The van der Waals surface area contributed by atoms with E-state index >= 15 is 0 Å². The van der Waals surface area contributed by atoms with Gasteiger partial charge in [0.2, 0.25) is 0 Å². The summed E-state index contributed by atoms with van der Waals surface area (Å²) in [5.41, 5.74) is 11.8. The standard InChI is InChI=1S/C92H70N4O2Si/c1-91(2,3)63-48-49-93-88(56-63)96-83-42-22-20-40-76(83)77-46-45-67(58-84(77)96)97-66-28-25-27-65(57-66)94-59-95-89-79(61-44-47-87-80(51-61)78-41-21-23-43-86(78)98-87)54-64(92(4,5)6)55-82(89)75-39-19-17-37-73(75)72-36-16-18-38-74(72)81-52-62(53-85(94)90(81)95)60-26-24-35-71(50-60)99(68-29-10-7-11-30-68,69-31-12-8-13-32-69)70-33-14-9-15-34-70/h7-58H,1-6H3/i7D,8D,9D,10D,11D,12D,13D,14D,15D,24D,26D,29D,30D,31D,32D,33D,34D,35D,50D. The number of hydrogen-bond acceptors (Lipinski definition) is 3. The molecule has 1 aliphatic heterocycles. The minimum absolute atomic E-state index is 0.0278. The maximum atomic E-state index is 11.2. The van der Waals surface area contributed by atoms with Crippen LogP contribution in [0, 0.1) is 6.33 Å². The number of fused-ring (bicyclic) bond motifs is 13. The highest BCUT2D eigenvalue weighted by atomic mass is 28.3. The van der Waals surface area contributed by atoms with Gasteiger partial charge in [0.05, 0.1) is 59.5 Å². The molecule has 0 unspecified atom stereocenters. The molecule has 0 spiro atoms. The van der Waals surface area contributed by atoms with Crippen molar-refractivity contribution >= 4 is 83.6 Å². The molecule has 7 heteroatoms. The molecular weight excluding hydrogens is 1220 g/mol. The second kappa shape index (κ2) is 23.2. The van der Waals surface area contributed by atoms with Gasteiger partial charge in [-0.1, -0.05) is 272 Å².